The molecule has 26 heavy (non-hydrogen) atoms. The standard InChI is InChI=1S/C19H24N2O4S/c1-15-7-9-16(10-8-15)5-4-6-19(22)20-17-11-13-18(14-12-17)26(23,24)21(2)25-3/h7-14H,4-6H2,1-3H3,(H,20,22). The summed E-state index contributed by atoms with van der Waals surface area (Å²) < 4.78 is 25.0. The number of hydrogen-bond acceptors (Lipinski definition) is 4. The Kier molecular flexibility index (Phi) is 6.90. The molecule has 0 atom stereocenters. The van der Waals surface area contributed by atoms with E-state index in [-0.39, 0.29) is 10.8 Å². The number of hydroxylamine groups is 1. The molecule has 0 aliphatic carbocycles. The third-order valence-corrected chi connectivity index (χ3v) is 5.72. The van der Waals surface area contributed by atoms with Crippen LogP contribution in [0.2, 0.25) is 0 Å². The van der Waals surface area contributed by atoms with Gasteiger partial charge < -0.3 is 5.32 Å². The highest BCUT2D eigenvalue weighted by molar-refractivity contribution is 7.89. The first-order valence-electron chi connectivity index (χ1n) is 8.31. The van der Waals surface area contributed by atoms with Gasteiger partial charge in [0.1, 0.15) is 0 Å². The van der Waals surface area contributed by atoms with E-state index in [0.29, 0.717) is 12.1 Å². The Morgan fingerprint density at radius 3 is 2.27 bits per heavy atom. The molecule has 0 radical (unpaired) electrons. The van der Waals surface area contributed by atoms with Crippen LogP contribution >= 0.6 is 0 Å². The third-order valence-electron chi connectivity index (χ3n) is 4.02. The molecule has 0 heterocycles. The van der Waals surface area contributed by atoms with Crippen molar-refractivity contribution in [3.63, 3.8) is 0 Å². The zero-order chi connectivity index (χ0) is 19.2. The number of rotatable bonds is 8. The number of amides is 1. The first-order valence-corrected chi connectivity index (χ1v) is 9.75. The van der Waals surface area contributed by atoms with Crippen molar-refractivity contribution in [3.8, 4) is 0 Å². The lowest BCUT2D eigenvalue weighted by Crippen LogP contribution is -2.25. The molecular weight excluding hydrogens is 352 g/mol. The SMILES string of the molecule is CON(C)S(=O)(=O)c1ccc(NC(=O)CCCc2ccc(C)cc2)cc1. The maximum absolute atomic E-state index is 12.1. The summed E-state index contributed by atoms with van der Waals surface area (Å²) in [4.78, 5) is 16.9. The van der Waals surface area contributed by atoms with E-state index in [1.165, 1.54) is 37.4 Å². The van der Waals surface area contributed by atoms with Crippen LogP contribution in [0.5, 0.6) is 0 Å². The van der Waals surface area contributed by atoms with E-state index < -0.39 is 10.0 Å². The largest absolute Gasteiger partial charge is 0.326 e. The Balaban J connectivity index is 1.86. The molecule has 6 nitrogen and oxygen atoms in total. The predicted octanol–water partition coefficient (Wildman–Crippen LogP) is 3.14. The minimum atomic E-state index is -3.68. The van der Waals surface area contributed by atoms with Gasteiger partial charge in [-0.05, 0) is 49.6 Å². The molecule has 7 heteroatoms. The lowest BCUT2D eigenvalue weighted by atomic mass is 10.1. The summed E-state index contributed by atoms with van der Waals surface area (Å²) >= 11 is 0. The van der Waals surface area contributed by atoms with Crippen LogP contribution in [0.25, 0.3) is 0 Å². The van der Waals surface area contributed by atoms with Crippen molar-refractivity contribution in [2.75, 3.05) is 19.5 Å². The van der Waals surface area contributed by atoms with Crippen molar-refractivity contribution in [2.45, 2.75) is 31.1 Å². The van der Waals surface area contributed by atoms with Crippen molar-refractivity contribution >= 4 is 21.6 Å². The molecule has 0 saturated heterocycles. The molecule has 2 rings (SSSR count). The predicted molar refractivity (Wildman–Crippen MR) is 101 cm³/mol. The Morgan fingerprint density at radius 1 is 1.08 bits per heavy atom. The van der Waals surface area contributed by atoms with Crippen LogP contribution in [0.3, 0.4) is 0 Å². The van der Waals surface area contributed by atoms with Crippen LogP contribution in [-0.4, -0.2) is 33.0 Å². The summed E-state index contributed by atoms with van der Waals surface area (Å²) in [6, 6.07) is 14.3. The first kappa shape index (κ1) is 20.1. The van der Waals surface area contributed by atoms with E-state index in [1.807, 2.05) is 6.92 Å². The highest BCUT2D eigenvalue weighted by Gasteiger charge is 2.20. The molecule has 0 aliphatic rings. The summed E-state index contributed by atoms with van der Waals surface area (Å²) in [6.07, 6.45) is 1.99. The topological polar surface area (TPSA) is 75.7 Å². The summed E-state index contributed by atoms with van der Waals surface area (Å²) in [6.45, 7) is 2.04. The molecule has 1 N–H and O–H groups in total. The van der Waals surface area contributed by atoms with Crippen LogP contribution in [0.4, 0.5) is 5.69 Å². The van der Waals surface area contributed by atoms with Crippen molar-refractivity contribution in [2.24, 2.45) is 0 Å². The highest BCUT2D eigenvalue weighted by atomic mass is 32.2. The maximum atomic E-state index is 12.1. The molecule has 0 aromatic heterocycles. The second-order valence-corrected chi connectivity index (χ2v) is 7.94. The molecule has 0 bridgehead atoms. The van der Waals surface area contributed by atoms with Crippen molar-refractivity contribution in [1.82, 2.24) is 4.47 Å². The Morgan fingerprint density at radius 2 is 1.69 bits per heavy atom. The fourth-order valence-corrected chi connectivity index (χ4v) is 3.36. The second-order valence-electron chi connectivity index (χ2n) is 6.01. The molecule has 0 saturated carbocycles. The van der Waals surface area contributed by atoms with Crippen LogP contribution in [0.15, 0.2) is 53.4 Å². The van der Waals surface area contributed by atoms with E-state index in [9.17, 15) is 13.2 Å². The lowest BCUT2D eigenvalue weighted by Gasteiger charge is -2.14. The number of carbonyl (C=O) groups is 1. The number of anilines is 1. The number of carbonyl (C=O) groups excluding carboxylic acids is 1. The third kappa shape index (κ3) is 5.39. The van der Waals surface area contributed by atoms with Crippen molar-refractivity contribution < 1.29 is 18.0 Å². The van der Waals surface area contributed by atoms with E-state index in [4.69, 9.17) is 4.84 Å². The van der Waals surface area contributed by atoms with Crippen LogP contribution < -0.4 is 5.32 Å². The van der Waals surface area contributed by atoms with Crippen LogP contribution in [0, 0.1) is 6.92 Å². The van der Waals surface area contributed by atoms with Gasteiger partial charge in [-0.25, -0.2) is 8.42 Å². The molecule has 0 aliphatic heterocycles. The van der Waals surface area contributed by atoms with E-state index in [0.717, 1.165) is 17.3 Å². The molecular formula is C19H24N2O4S. The molecule has 2 aromatic carbocycles. The summed E-state index contributed by atoms with van der Waals surface area (Å²) in [5, 5.41) is 2.78. The van der Waals surface area contributed by atoms with E-state index in [2.05, 4.69) is 29.6 Å². The minimum Gasteiger partial charge on any atom is -0.326 e. The van der Waals surface area contributed by atoms with Crippen molar-refractivity contribution in [1.29, 1.82) is 0 Å². The smallest absolute Gasteiger partial charge is 0.264 e. The van der Waals surface area contributed by atoms with Gasteiger partial charge in [-0.2, -0.15) is 0 Å². The molecule has 2 aromatic rings. The van der Waals surface area contributed by atoms with Crippen LogP contribution in [-0.2, 0) is 26.1 Å². The quantitative estimate of drug-likeness (QED) is 0.718. The minimum absolute atomic E-state index is 0.0956. The average Bonchev–Trinajstić information content (AvgIpc) is 2.63. The van der Waals surface area contributed by atoms with Gasteiger partial charge in [0.15, 0.2) is 0 Å². The zero-order valence-corrected chi connectivity index (χ0v) is 16.0. The summed E-state index contributed by atoms with van der Waals surface area (Å²) in [5.74, 6) is -0.0956. The lowest BCUT2D eigenvalue weighted by molar-refractivity contribution is -0.116. The fourth-order valence-electron chi connectivity index (χ4n) is 2.39. The molecule has 140 valence electrons. The fraction of sp³-hybridized carbons (Fsp3) is 0.316. The van der Waals surface area contributed by atoms with Crippen molar-refractivity contribution in [3.05, 3.63) is 59.7 Å². The summed E-state index contributed by atoms with van der Waals surface area (Å²) in [7, 11) is -1.08. The number of benzene rings is 2. The monoisotopic (exact) mass is 376 g/mol. The second kappa shape index (κ2) is 8.93. The van der Waals surface area contributed by atoms with Gasteiger partial charge in [-0.3, -0.25) is 9.63 Å². The number of sulfonamides is 1. The van der Waals surface area contributed by atoms with Gasteiger partial charge in [-0.15, -0.1) is 0 Å². The van der Waals surface area contributed by atoms with Crippen LogP contribution in [0.1, 0.15) is 24.0 Å². The maximum Gasteiger partial charge on any atom is 0.264 e. The Hall–Kier alpha value is -2.22. The molecule has 1 amide bonds. The van der Waals surface area contributed by atoms with Gasteiger partial charge in [0.05, 0.1) is 12.0 Å². The summed E-state index contributed by atoms with van der Waals surface area (Å²) in [5.41, 5.74) is 2.98. The van der Waals surface area contributed by atoms with Gasteiger partial charge in [-0.1, -0.05) is 34.3 Å². The van der Waals surface area contributed by atoms with E-state index in [1.54, 1.807) is 12.1 Å². The number of nitrogens with zero attached hydrogens (tertiary/aromatic N) is 1. The average molecular weight is 376 g/mol. The van der Waals surface area contributed by atoms with Gasteiger partial charge in [0.25, 0.3) is 10.0 Å². The number of nitrogens with one attached hydrogen (secondary N) is 1. The Bertz CT molecular complexity index is 831. The number of aryl methyl sites for hydroxylation is 2. The normalized spacial score (nSPS) is 11.5. The van der Waals surface area contributed by atoms with Gasteiger partial charge in [0, 0.05) is 19.2 Å². The first-order chi connectivity index (χ1) is 12.3. The molecule has 0 unspecified atom stereocenters. The number of hydrogen-bond donors (Lipinski definition) is 1. The van der Waals surface area contributed by atoms with Gasteiger partial charge in [0.2, 0.25) is 5.91 Å². The highest BCUT2D eigenvalue weighted by Crippen LogP contribution is 2.18. The Labute approximate surface area is 154 Å². The molecule has 0 spiro atoms. The van der Waals surface area contributed by atoms with E-state index >= 15 is 0 Å². The van der Waals surface area contributed by atoms with Gasteiger partial charge >= 0.3 is 0 Å². The zero-order valence-electron chi connectivity index (χ0n) is 15.2. The molecule has 0 fully saturated rings.